The van der Waals surface area contributed by atoms with Gasteiger partial charge in [-0.15, -0.1) is 0 Å². The molecule has 3 nitrogen and oxygen atoms in total. The van der Waals surface area contributed by atoms with Gasteiger partial charge in [0.1, 0.15) is 18.0 Å². The van der Waals surface area contributed by atoms with Gasteiger partial charge in [0.25, 0.3) is 0 Å². The molecule has 1 aromatic carbocycles. The van der Waals surface area contributed by atoms with Crippen LogP contribution in [0.1, 0.15) is 20.8 Å². The minimum absolute atomic E-state index is 0.00444. The summed E-state index contributed by atoms with van der Waals surface area (Å²) in [4.78, 5) is 0. The van der Waals surface area contributed by atoms with Gasteiger partial charge in [0.2, 0.25) is 0 Å². The second-order valence-electron chi connectivity index (χ2n) is 4.50. The lowest BCUT2D eigenvalue weighted by Gasteiger charge is -2.22. The van der Waals surface area contributed by atoms with E-state index in [1.54, 1.807) is 0 Å². The molecule has 0 bridgehead atoms. The monoisotopic (exact) mass is 222 g/mol. The van der Waals surface area contributed by atoms with E-state index in [1.807, 2.05) is 51.1 Å². The number of ether oxygens (including phenoxy) is 3. The molecule has 1 aliphatic heterocycles. The molecule has 0 saturated carbocycles. The molecule has 0 N–H and O–H groups in total. The van der Waals surface area contributed by atoms with Gasteiger partial charge in [-0.1, -0.05) is 18.2 Å². The summed E-state index contributed by atoms with van der Waals surface area (Å²) in [6, 6.07) is 9.76. The van der Waals surface area contributed by atoms with Crippen molar-refractivity contribution in [3.63, 3.8) is 0 Å². The van der Waals surface area contributed by atoms with Crippen LogP contribution in [0, 0.1) is 0 Å². The van der Waals surface area contributed by atoms with Crippen LogP contribution in [-0.2, 0) is 9.47 Å². The summed E-state index contributed by atoms with van der Waals surface area (Å²) < 4.78 is 17.0. The molecule has 16 heavy (non-hydrogen) atoms. The highest BCUT2D eigenvalue weighted by molar-refractivity contribution is 5.21. The highest BCUT2D eigenvalue weighted by Crippen LogP contribution is 2.26. The van der Waals surface area contributed by atoms with Gasteiger partial charge in [-0.2, -0.15) is 0 Å². The van der Waals surface area contributed by atoms with Crippen LogP contribution >= 0.6 is 0 Å². The van der Waals surface area contributed by atoms with Gasteiger partial charge in [-0.05, 0) is 32.9 Å². The van der Waals surface area contributed by atoms with Crippen LogP contribution in [0.2, 0.25) is 0 Å². The second kappa shape index (κ2) is 4.44. The lowest BCUT2D eigenvalue weighted by atomic mass is 10.2. The van der Waals surface area contributed by atoms with E-state index in [9.17, 15) is 0 Å². The Balaban J connectivity index is 1.92. The van der Waals surface area contributed by atoms with Crippen molar-refractivity contribution in [1.29, 1.82) is 0 Å². The van der Waals surface area contributed by atoms with Crippen molar-refractivity contribution in [1.82, 2.24) is 0 Å². The Morgan fingerprint density at radius 1 is 1.31 bits per heavy atom. The molecule has 0 aromatic heterocycles. The van der Waals surface area contributed by atoms with E-state index in [2.05, 4.69) is 0 Å². The molecular formula is C13H18O3. The van der Waals surface area contributed by atoms with Crippen molar-refractivity contribution in [2.24, 2.45) is 0 Å². The minimum atomic E-state index is -0.487. The predicted octanol–water partition coefficient (Wildman–Crippen LogP) is 2.61. The smallest absolute Gasteiger partial charge is 0.163 e. The van der Waals surface area contributed by atoms with E-state index in [1.165, 1.54) is 0 Å². The summed E-state index contributed by atoms with van der Waals surface area (Å²) in [6.45, 7) is 6.42. The SMILES string of the molecule is CC(Oc1ccccc1)C1COC(C)(C)O1. The third-order valence-corrected chi connectivity index (χ3v) is 2.62. The molecule has 1 aliphatic rings. The first-order valence-electron chi connectivity index (χ1n) is 5.60. The van der Waals surface area contributed by atoms with Crippen LogP contribution in [0.4, 0.5) is 0 Å². The second-order valence-corrected chi connectivity index (χ2v) is 4.50. The molecule has 1 saturated heterocycles. The van der Waals surface area contributed by atoms with Gasteiger partial charge in [-0.3, -0.25) is 0 Å². The van der Waals surface area contributed by atoms with Gasteiger partial charge in [0, 0.05) is 0 Å². The molecule has 1 aromatic rings. The summed E-state index contributed by atoms with van der Waals surface area (Å²) in [5.41, 5.74) is 0. The Hall–Kier alpha value is -1.06. The highest BCUT2D eigenvalue weighted by atomic mass is 16.7. The maximum absolute atomic E-state index is 5.79. The van der Waals surface area contributed by atoms with Gasteiger partial charge >= 0.3 is 0 Å². The Morgan fingerprint density at radius 3 is 2.56 bits per heavy atom. The molecule has 2 atom stereocenters. The highest BCUT2D eigenvalue weighted by Gasteiger charge is 2.36. The Morgan fingerprint density at radius 2 is 2.00 bits per heavy atom. The molecule has 0 aliphatic carbocycles. The van der Waals surface area contributed by atoms with Crippen molar-refractivity contribution in [3.05, 3.63) is 30.3 Å². The predicted molar refractivity (Wildman–Crippen MR) is 61.4 cm³/mol. The van der Waals surface area contributed by atoms with E-state index in [0.29, 0.717) is 6.61 Å². The van der Waals surface area contributed by atoms with Crippen molar-refractivity contribution in [2.75, 3.05) is 6.61 Å². The summed E-state index contributed by atoms with van der Waals surface area (Å²) in [5.74, 6) is 0.377. The molecule has 88 valence electrons. The topological polar surface area (TPSA) is 27.7 Å². The normalized spacial score (nSPS) is 25.3. The zero-order valence-corrected chi connectivity index (χ0v) is 9.97. The number of para-hydroxylation sites is 1. The fourth-order valence-electron chi connectivity index (χ4n) is 1.74. The van der Waals surface area contributed by atoms with E-state index < -0.39 is 5.79 Å². The maximum atomic E-state index is 5.79. The van der Waals surface area contributed by atoms with Crippen molar-refractivity contribution in [2.45, 2.75) is 38.8 Å². The zero-order chi connectivity index (χ0) is 11.6. The minimum Gasteiger partial charge on any atom is -0.488 e. The van der Waals surface area contributed by atoms with Crippen LogP contribution in [0.5, 0.6) is 5.75 Å². The van der Waals surface area contributed by atoms with Crippen molar-refractivity contribution < 1.29 is 14.2 Å². The largest absolute Gasteiger partial charge is 0.488 e. The van der Waals surface area contributed by atoms with Crippen LogP contribution in [0.15, 0.2) is 30.3 Å². The van der Waals surface area contributed by atoms with Gasteiger partial charge in [0.05, 0.1) is 6.61 Å². The number of hydrogen-bond acceptors (Lipinski definition) is 3. The molecular weight excluding hydrogens is 204 g/mol. The van der Waals surface area contributed by atoms with E-state index in [4.69, 9.17) is 14.2 Å². The molecule has 1 heterocycles. The quantitative estimate of drug-likeness (QED) is 0.786. The first-order valence-corrected chi connectivity index (χ1v) is 5.60. The first kappa shape index (κ1) is 11.4. The Bertz CT molecular complexity index is 334. The third kappa shape index (κ3) is 2.74. The average Bonchev–Trinajstić information content (AvgIpc) is 2.60. The maximum Gasteiger partial charge on any atom is 0.163 e. The number of hydrogen-bond donors (Lipinski definition) is 0. The standard InChI is InChI=1S/C13H18O3/c1-10(12-9-14-13(2,3)16-12)15-11-7-5-4-6-8-11/h4-8,10,12H,9H2,1-3H3. The molecule has 0 radical (unpaired) electrons. The van der Waals surface area contributed by atoms with E-state index >= 15 is 0 Å². The number of rotatable bonds is 3. The lowest BCUT2D eigenvalue weighted by Crippen LogP contribution is -2.32. The molecule has 0 amide bonds. The van der Waals surface area contributed by atoms with Crippen LogP contribution < -0.4 is 4.74 Å². The first-order chi connectivity index (χ1) is 7.57. The van der Waals surface area contributed by atoms with E-state index in [-0.39, 0.29) is 12.2 Å². The van der Waals surface area contributed by atoms with Crippen molar-refractivity contribution in [3.8, 4) is 5.75 Å². The Labute approximate surface area is 96.3 Å². The fourth-order valence-corrected chi connectivity index (χ4v) is 1.74. The molecule has 2 unspecified atom stereocenters. The van der Waals surface area contributed by atoms with Crippen LogP contribution in [-0.4, -0.2) is 24.6 Å². The summed E-state index contributed by atoms with van der Waals surface area (Å²) in [6.07, 6.45) is -0.0145. The van der Waals surface area contributed by atoms with Gasteiger partial charge in [0.15, 0.2) is 5.79 Å². The fraction of sp³-hybridized carbons (Fsp3) is 0.538. The molecule has 0 spiro atoms. The zero-order valence-electron chi connectivity index (χ0n) is 9.97. The summed E-state index contributed by atoms with van der Waals surface area (Å²) >= 11 is 0. The Kier molecular flexibility index (Phi) is 3.17. The van der Waals surface area contributed by atoms with Gasteiger partial charge in [-0.25, -0.2) is 0 Å². The van der Waals surface area contributed by atoms with Crippen LogP contribution in [0.25, 0.3) is 0 Å². The molecule has 3 heteroatoms. The summed E-state index contributed by atoms with van der Waals surface area (Å²) in [7, 11) is 0. The lowest BCUT2D eigenvalue weighted by molar-refractivity contribution is -0.147. The number of benzene rings is 1. The summed E-state index contributed by atoms with van der Waals surface area (Å²) in [5, 5.41) is 0. The van der Waals surface area contributed by atoms with E-state index in [0.717, 1.165) is 5.75 Å². The third-order valence-electron chi connectivity index (χ3n) is 2.62. The molecule has 2 rings (SSSR count). The van der Waals surface area contributed by atoms with Crippen LogP contribution in [0.3, 0.4) is 0 Å². The van der Waals surface area contributed by atoms with Gasteiger partial charge < -0.3 is 14.2 Å². The average molecular weight is 222 g/mol. The van der Waals surface area contributed by atoms with Crippen molar-refractivity contribution >= 4 is 0 Å². The molecule has 1 fully saturated rings.